The summed E-state index contributed by atoms with van der Waals surface area (Å²) in [7, 11) is 3.23. The lowest BCUT2D eigenvalue weighted by Gasteiger charge is -2.42. The van der Waals surface area contributed by atoms with Crippen LogP contribution < -0.4 is 0 Å². The zero-order valence-electron chi connectivity index (χ0n) is 11.1. The molecule has 1 fully saturated rings. The van der Waals surface area contributed by atoms with E-state index in [1.807, 2.05) is 0 Å². The highest BCUT2D eigenvalue weighted by Gasteiger charge is 2.39. The van der Waals surface area contributed by atoms with Crippen LogP contribution in [-0.4, -0.2) is 16.6 Å². The van der Waals surface area contributed by atoms with Gasteiger partial charge in [-0.3, -0.25) is 0 Å². The van der Waals surface area contributed by atoms with E-state index in [9.17, 15) is 0 Å². The van der Waals surface area contributed by atoms with Gasteiger partial charge >= 0.3 is 0 Å². The van der Waals surface area contributed by atoms with E-state index in [1.165, 1.54) is 37.7 Å². The first-order valence-corrected chi connectivity index (χ1v) is 7.88. The van der Waals surface area contributed by atoms with Crippen LogP contribution in [0.25, 0.3) is 0 Å². The van der Waals surface area contributed by atoms with Crippen LogP contribution in [0.2, 0.25) is 0 Å². The van der Waals surface area contributed by atoms with Crippen molar-refractivity contribution in [2.75, 3.05) is 0 Å². The van der Waals surface area contributed by atoms with Crippen molar-refractivity contribution in [3.05, 3.63) is 47.1 Å². The molecule has 1 saturated carbocycles. The smallest absolute Gasteiger partial charge is 0.246 e. The molecule has 0 spiro atoms. The zero-order valence-corrected chi connectivity index (χ0v) is 12.1. The fraction of sp³-hybridized carbons (Fsp3) is 0.529. The van der Waals surface area contributed by atoms with Crippen LogP contribution >= 0.6 is 0 Å². The molecule has 0 saturated heterocycles. The summed E-state index contributed by atoms with van der Waals surface area (Å²) in [5, 5.41) is 0. The van der Waals surface area contributed by atoms with E-state index in [0.29, 0.717) is 12.0 Å². The van der Waals surface area contributed by atoms with Crippen molar-refractivity contribution in [3.63, 3.8) is 0 Å². The van der Waals surface area contributed by atoms with Gasteiger partial charge < -0.3 is 4.43 Å². The summed E-state index contributed by atoms with van der Waals surface area (Å²) >= 11 is 0. The Morgan fingerprint density at radius 1 is 1.11 bits per heavy atom. The van der Waals surface area contributed by atoms with E-state index >= 15 is 0 Å². The van der Waals surface area contributed by atoms with Crippen molar-refractivity contribution in [1.29, 1.82) is 0 Å². The molecular weight excluding hydrogens is 248 g/mol. The Morgan fingerprint density at radius 2 is 2.05 bits per heavy atom. The highest BCUT2D eigenvalue weighted by Crippen LogP contribution is 2.50. The predicted molar refractivity (Wildman–Crippen MR) is 77.6 cm³/mol. The maximum absolute atomic E-state index is 5.39. The second-order valence-corrected chi connectivity index (χ2v) is 6.53. The maximum atomic E-state index is 5.39. The predicted octanol–water partition coefficient (Wildman–Crippen LogP) is 3.64. The molecular formula is C17H19OSi. The molecule has 0 heterocycles. The van der Waals surface area contributed by atoms with Gasteiger partial charge in [0.15, 0.2) is 0 Å². The van der Waals surface area contributed by atoms with Crippen molar-refractivity contribution in [2.45, 2.75) is 38.2 Å². The van der Waals surface area contributed by atoms with Crippen LogP contribution in [0.15, 0.2) is 47.1 Å². The highest BCUT2D eigenvalue weighted by molar-refractivity contribution is 5.98. The van der Waals surface area contributed by atoms with Gasteiger partial charge in [0.1, 0.15) is 0 Å². The van der Waals surface area contributed by atoms with E-state index in [4.69, 9.17) is 4.43 Å². The average molecular weight is 267 g/mol. The summed E-state index contributed by atoms with van der Waals surface area (Å²) in [5.41, 5.74) is 4.80. The van der Waals surface area contributed by atoms with E-state index in [1.54, 1.807) is 11.1 Å². The zero-order chi connectivity index (χ0) is 12.8. The molecule has 3 radical (unpaired) electrons. The number of allylic oxidation sites excluding steroid dienone is 8. The van der Waals surface area contributed by atoms with Crippen LogP contribution in [0.1, 0.15) is 32.1 Å². The Labute approximate surface area is 118 Å². The summed E-state index contributed by atoms with van der Waals surface area (Å²) in [6, 6.07) is 0. The summed E-state index contributed by atoms with van der Waals surface area (Å²) in [5.74, 6) is 2.23. The molecule has 0 aromatic heterocycles. The van der Waals surface area contributed by atoms with Gasteiger partial charge in [-0.2, -0.15) is 0 Å². The fourth-order valence-corrected chi connectivity index (χ4v) is 4.64. The lowest BCUT2D eigenvalue weighted by molar-refractivity contribution is 0.106. The Kier molecular flexibility index (Phi) is 2.89. The van der Waals surface area contributed by atoms with Crippen molar-refractivity contribution < 1.29 is 4.43 Å². The lowest BCUT2D eigenvalue weighted by atomic mass is 9.64. The molecule has 0 amide bonds. The van der Waals surface area contributed by atoms with Crippen LogP contribution in [0, 0.1) is 17.8 Å². The number of fused-ring (bicyclic) bond motifs is 5. The van der Waals surface area contributed by atoms with Crippen LogP contribution in [0.4, 0.5) is 0 Å². The monoisotopic (exact) mass is 267 g/mol. The minimum Gasteiger partial charge on any atom is -0.416 e. The molecule has 2 heteroatoms. The minimum absolute atomic E-state index is 0.413. The largest absolute Gasteiger partial charge is 0.416 e. The normalized spacial score (nSPS) is 39.7. The summed E-state index contributed by atoms with van der Waals surface area (Å²) < 4.78 is 5.39. The quantitative estimate of drug-likeness (QED) is 0.659. The molecule has 97 valence electrons. The standard InChI is InChI=1S/C17H19OSi/c19-18-13-6-9-15-12(10-13)5-8-16-14-3-1-2-11(14)4-7-17(15)16/h1-2,4,7-8,12-15H,3,5-6,9-10H2/t12?,13?,14-,15+/m1/s1. The fourth-order valence-electron chi connectivity index (χ4n) is 4.43. The van der Waals surface area contributed by atoms with E-state index < -0.39 is 0 Å². The second kappa shape index (κ2) is 4.60. The third-order valence-electron chi connectivity index (χ3n) is 5.39. The molecule has 2 unspecified atom stereocenters. The summed E-state index contributed by atoms with van der Waals surface area (Å²) in [6.07, 6.45) is 18.5. The lowest BCUT2D eigenvalue weighted by Crippen LogP contribution is -2.34. The Bertz CT molecular complexity index is 511. The number of hydrogen-bond acceptors (Lipinski definition) is 1. The van der Waals surface area contributed by atoms with Gasteiger partial charge in [0, 0.05) is 12.0 Å². The van der Waals surface area contributed by atoms with Gasteiger partial charge in [-0.15, -0.1) is 0 Å². The van der Waals surface area contributed by atoms with Gasteiger partial charge in [0.05, 0.1) is 0 Å². The van der Waals surface area contributed by atoms with Gasteiger partial charge in [-0.25, -0.2) is 0 Å². The van der Waals surface area contributed by atoms with E-state index in [2.05, 4.69) is 40.9 Å². The first-order valence-electron chi connectivity index (χ1n) is 7.48. The van der Waals surface area contributed by atoms with Crippen molar-refractivity contribution in [1.82, 2.24) is 0 Å². The molecule has 1 nitrogen and oxygen atoms in total. The Morgan fingerprint density at radius 3 is 2.95 bits per heavy atom. The molecule has 19 heavy (non-hydrogen) atoms. The molecule has 0 aliphatic heterocycles. The van der Waals surface area contributed by atoms with Gasteiger partial charge in [-0.1, -0.05) is 30.4 Å². The molecule has 0 bridgehead atoms. The van der Waals surface area contributed by atoms with Gasteiger partial charge in [0.25, 0.3) is 0 Å². The molecule has 4 aliphatic carbocycles. The number of hydrogen-bond donors (Lipinski definition) is 0. The van der Waals surface area contributed by atoms with Crippen LogP contribution in [0.3, 0.4) is 0 Å². The van der Waals surface area contributed by atoms with Gasteiger partial charge in [-0.05, 0) is 60.7 Å². The van der Waals surface area contributed by atoms with Crippen molar-refractivity contribution in [3.8, 4) is 0 Å². The van der Waals surface area contributed by atoms with E-state index in [0.717, 1.165) is 11.8 Å². The average Bonchev–Trinajstić information content (AvgIpc) is 2.94. The van der Waals surface area contributed by atoms with Gasteiger partial charge in [0.2, 0.25) is 10.5 Å². The molecule has 0 aromatic carbocycles. The number of rotatable bonds is 1. The topological polar surface area (TPSA) is 9.23 Å². The third-order valence-corrected chi connectivity index (χ3v) is 5.72. The van der Waals surface area contributed by atoms with Crippen LogP contribution in [-0.2, 0) is 4.43 Å². The van der Waals surface area contributed by atoms with Crippen LogP contribution in [0.5, 0.6) is 0 Å². The minimum atomic E-state index is 0.413. The Balaban J connectivity index is 1.65. The summed E-state index contributed by atoms with van der Waals surface area (Å²) in [4.78, 5) is 0. The molecule has 0 aromatic rings. The molecule has 0 N–H and O–H groups in total. The third kappa shape index (κ3) is 1.84. The van der Waals surface area contributed by atoms with Crippen molar-refractivity contribution >= 4 is 10.5 Å². The summed E-state index contributed by atoms with van der Waals surface area (Å²) in [6.45, 7) is 0. The van der Waals surface area contributed by atoms with Crippen molar-refractivity contribution in [2.24, 2.45) is 17.8 Å². The molecule has 4 rings (SSSR count). The first-order chi connectivity index (χ1) is 9.36. The highest BCUT2D eigenvalue weighted by atomic mass is 28.2. The second-order valence-electron chi connectivity index (χ2n) is 6.29. The molecule has 4 aliphatic rings. The first kappa shape index (κ1) is 11.9. The maximum Gasteiger partial charge on any atom is 0.246 e. The molecule has 4 atom stereocenters. The Hall–Kier alpha value is -0.863. The van der Waals surface area contributed by atoms with E-state index in [-0.39, 0.29) is 0 Å². The SMILES string of the molecule is [Si]OC1CC[C@@H]2C3=CC=C4C=CC[C@H]4C3=CCC2C1.